The molecule has 0 radical (unpaired) electrons. The van der Waals surface area contributed by atoms with Crippen molar-refractivity contribution < 1.29 is 4.21 Å². The highest BCUT2D eigenvalue weighted by molar-refractivity contribution is 7.85. The van der Waals surface area contributed by atoms with Gasteiger partial charge in [0.2, 0.25) is 0 Å². The van der Waals surface area contributed by atoms with E-state index in [1.54, 1.807) is 0 Å². The summed E-state index contributed by atoms with van der Waals surface area (Å²) in [5.74, 6) is 0.894. The van der Waals surface area contributed by atoms with E-state index in [0.717, 1.165) is 18.6 Å². The zero-order valence-corrected chi connectivity index (χ0v) is 5.83. The molecule has 3 heteroatoms. The van der Waals surface area contributed by atoms with E-state index >= 15 is 0 Å². The van der Waals surface area contributed by atoms with Gasteiger partial charge >= 0.3 is 0 Å². The summed E-state index contributed by atoms with van der Waals surface area (Å²) < 4.78 is 10.9. The summed E-state index contributed by atoms with van der Waals surface area (Å²) in [5.41, 5.74) is 0. The smallest absolute Gasteiger partial charge is 0.0832 e. The molecule has 2 atom stereocenters. The van der Waals surface area contributed by atoms with Crippen LogP contribution in [0, 0.1) is 0 Å². The van der Waals surface area contributed by atoms with Gasteiger partial charge in [0, 0.05) is 16.6 Å². The average Bonchev–Trinajstić information content (AvgIpc) is 2.14. The van der Waals surface area contributed by atoms with Crippen molar-refractivity contribution in [1.29, 1.82) is 0 Å². The van der Waals surface area contributed by atoms with Gasteiger partial charge in [-0.2, -0.15) is 0 Å². The SMILES string of the molecule is CNC1CCCS1=O. The van der Waals surface area contributed by atoms with Crippen LogP contribution in [0.4, 0.5) is 0 Å². The van der Waals surface area contributed by atoms with Crippen LogP contribution in [0.5, 0.6) is 0 Å². The van der Waals surface area contributed by atoms with Crippen molar-refractivity contribution in [3.63, 3.8) is 0 Å². The molecule has 0 bridgehead atoms. The molecule has 0 spiro atoms. The number of hydrogen-bond donors (Lipinski definition) is 1. The molecule has 2 nitrogen and oxygen atoms in total. The van der Waals surface area contributed by atoms with Crippen LogP contribution < -0.4 is 5.32 Å². The largest absolute Gasteiger partial charge is 0.306 e. The van der Waals surface area contributed by atoms with Crippen LogP contribution >= 0.6 is 0 Å². The topological polar surface area (TPSA) is 29.1 Å². The first-order chi connectivity index (χ1) is 3.84. The van der Waals surface area contributed by atoms with Crippen molar-refractivity contribution in [3.8, 4) is 0 Å². The van der Waals surface area contributed by atoms with E-state index < -0.39 is 10.8 Å². The fourth-order valence-electron chi connectivity index (χ4n) is 0.960. The van der Waals surface area contributed by atoms with Crippen LogP contribution in [0.3, 0.4) is 0 Å². The lowest BCUT2D eigenvalue weighted by molar-refractivity contribution is 0.651. The van der Waals surface area contributed by atoms with Gasteiger partial charge < -0.3 is 5.32 Å². The van der Waals surface area contributed by atoms with Gasteiger partial charge in [-0.1, -0.05) is 0 Å². The number of nitrogens with one attached hydrogen (secondary N) is 1. The summed E-state index contributed by atoms with van der Waals surface area (Å²) in [6.45, 7) is 0. The van der Waals surface area contributed by atoms with E-state index in [9.17, 15) is 4.21 Å². The summed E-state index contributed by atoms with van der Waals surface area (Å²) >= 11 is 0. The Balaban J connectivity index is 2.42. The van der Waals surface area contributed by atoms with Gasteiger partial charge in [-0.25, -0.2) is 0 Å². The molecule has 2 unspecified atom stereocenters. The maximum atomic E-state index is 10.9. The summed E-state index contributed by atoms with van der Waals surface area (Å²) in [7, 11) is 1.30. The lowest BCUT2D eigenvalue weighted by Gasteiger charge is -2.02. The first kappa shape index (κ1) is 6.23. The molecule has 48 valence electrons. The molecule has 1 saturated heterocycles. The zero-order chi connectivity index (χ0) is 5.98. The van der Waals surface area contributed by atoms with Crippen molar-refractivity contribution in [2.24, 2.45) is 0 Å². The minimum Gasteiger partial charge on any atom is -0.306 e. The van der Waals surface area contributed by atoms with Crippen molar-refractivity contribution in [3.05, 3.63) is 0 Å². The van der Waals surface area contributed by atoms with Crippen LogP contribution in [0.2, 0.25) is 0 Å². The molecular weight excluding hydrogens is 122 g/mol. The van der Waals surface area contributed by atoms with E-state index in [2.05, 4.69) is 5.32 Å². The standard InChI is InChI=1S/C5H11NOS/c1-6-5-3-2-4-8(5)7/h5-6H,2-4H2,1H3. The van der Waals surface area contributed by atoms with E-state index in [1.807, 2.05) is 7.05 Å². The highest BCUT2D eigenvalue weighted by atomic mass is 32.2. The van der Waals surface area contributed by atoms with Crippen LogP contribution in [-0.4, -0.2) is 22.4 Å². The minimum atomic E-state index is -0.572. The molecule has 1 fully saturated rings. The van der Waals surface area contributed by atoms with E-state index in [1.165, 1.54) is 0 Å². The highest BCUT2D eigenvalue weighted by Gasteiger charge is 2.19. The monoisotopic (exact) mass is 133 g/mol. The zero-order valence-electron chi connectivity index (χ0n) is 5.02. The molecule has 0 saturated carbocycles. The molecule has 0 aromatic rings. The van der Waals surface area contributed by atoms with Gasteiger partial charge in [-0.05, 0) is 19.9 Å². The molecule has 1 N–H and O–H groups in total. The Kier molecular flexibility index (Phi) is 2.02. The van der Waals surface area contributed by atoms with Gasteiger partial charge in [-0.15, -0.1) is 0 Å². The Bertz CT molecular complexity index is 105. The second-order valence-electron chi connectivity index (χ2n) is 2.00. The van der Waals surface area contributed by atoms with E-state index in [0.29, 0.717) is 0 Å². The first-order valence-electron chi connectivity index (χ1n) is 2.89. The molecule has 0 aliphatic carbocycles. The van der Waals surface area contributed by atoms with Crippen molar-refractivity contribution in [2.75, 3.05) is 12.8 Å². The maximum Gasteiger partial charge on any atom is 0.0832 e. The van der Waals surface area contributed by atoms with E-state index in [-0.39, 0.29) is 5.37 Å². The third-order valence-corrected chi connectivity index (χ3v) is 3.25. The maximum absolute atomic E-state index is 10.9. The van der Waals surface area contributed by atoms with E-state index in [4.69, 9.17) is 0 Å². The molecule has 1 rings (SSSR count). The lowest BCUT2D eigenvalue weighted by atomic mass is 10.3. The predicted octanol–water partition coefficient (Wildman–Crippen LogP) is 0.0744. The Morgan fingerprint density at radius 1 is 1.75 bits per heavy atom. The highest BCUT2D eigenvalue weighted by Crippen LogP contribution is 2.11. The average molecular weight is 133 g/mol. The van der Waals surface area contributed by atoms with Gasteiger partial charge in [0.25, 0.3) is 0 Å². The Hall–Kier alpha value is 0.110. The summed E-state index contributed by atoms with van der Waals surface area (Å²) in [6, 6.07) is 0. The van der Waals surface area contributed by atoms with Crippen molar-refractivity contribution in [1.82, 2.24) is 5.32 Å². The molecule has 0 aromatic carbocycles. The van der Waals surface area contributed by atoms with Crippen LogP contribution in [-0.2, 0) is 10.8 Å². The number of rotatable bonds is 1. The Morgan fingerprint density at radius 2 is 2.50 bits per heavy atom. The van der Waals surface area contributed by atoms with Gasteiger partial charge in [0.05, 0.1) is 5.37 Å². The lowest BCUT2D eigenvalue weighted by Crippen LogP contribution is -2.25. The Labute approximate surface area is 52.1 Å². The molecular formula is C5H11NOS. The normalized spacial score (nSPS) is 38.1. The summed E-state index contributed by atoms with van der Waals surface area (Å²) in [6.07, 6.45) is 2.21. The molecule has 1 aliphatic heterocycles. The molecule has 8 heavy (non-hydrogen) atoms. The van der Waals surface area contributed by atoms with Gasteiger partial charge in [0.15, 0.2) is 0 Å². The second kappa shape index (κ2) is 2.60. The third-order valence-electron chi connectivity index (χ3n) is 1.45. The second-order valence-corrected chi connectivity index (χ2v) is 3.74. The van der Waals surface area contributed by atoms with Crippen LogP contribution in [0.1, 0.15) is 12.8 Å². The summed E-state index contributed by atoms with van der Waals surface area (Å²) in [5, 5.41) is 3.30. The molecule has 0 amide bonds. The van der Waals surface area contributed by atoms with Crippen molar-refractivity contribution in [2.45, 2.75) is 18.2 Å². The van der Waals surface area contributed by atoms with Crippen molar-refractivity contribution >= 4 is 10.8 Å². The fourth-order valence-corrected chi connectivity index (χ4v) is 2.39. The molecule has 1 heterocycles. The first-order valence-corrected chi connectivity index (χ1v) is 4.27. The predicted molar refractivity (Wildman–Crippen MR) is 35.1 cm³/mol. The summed E-state index contributed by atoms with van der Waals surface area (Å²) in [4.78, 5) is 0. The quantitative estimate of drug-likeness (QED) is 0.548. The van der Waals surface area contributed by atoms with Crippen LogP contribution in [0.25, 0.3) is 0 Å². The molecule has 1 aliphatic rings. The Morgan fingerprint density at radius 3 is 2.75 bits per heavy atom. The number of hydrogen-bond acceptors (Lipinski definition) is 2. The van der Waals surface area contributed by atoms with Gasteiger partial charge in [0.1, 0.15) is 0 Å². The third kappa shape index (κ3) is 1.09. The minimum absolute atomic E-state index is 0.287. The fraction of sp³-hybridized carbons (Fsp3) is 1.00. The van der Waals surface area contributed by atoms with Crippen LogP contribution in [0.15, 0.2) is 0 Å². The van der Waals surface area contributed by atoms with Gasteiger partial charge in [-0.3, -0.25) is 4.21 Å². The molecule has 0 aromatic heterocycles.